The Morgan fingerprint density at radius 3 is 2.56 bits per heavy atom. The molecule has 0 spiro atoms. The number of rotatable bonds is 6. The van der Waals surface area contributed by atoms with Crippen LogP contribution in [0.3, 0.4) is 0 Å². The van der Waals surface area contributed by atoms with E-state index in [1.54, 1.807) is 6.08 Å². The van der Waals surface area contributed by atoms with Gasteiger partial charge in [0.15, 0.2) is 5.83 Å². The van der Waals surface area contributed by atoms with Crippen molar-refractivity contribution in [3.05, 3.63) is 53.9 Å². The van der Waals surface area contributed by atoms with Crippen molar-refractivity contribution in [3.8, 4) is 11.8 Å². The van der Waals surface area contributed by atoms with Crippen LogP contribution >= 0.6 is 0 Å². The first-order chi connectivity index (χ1) is 12.1. The number of ether oxygens (including phenoxy) is 1. The summed E-state index contributed by atoms with van der Waals surface area (Å²) in [5, 5.41) is 8.35. The molecular weight excluding hydrogens is 317 g/mol. The molecule has 0 amide bonds. The van der Waals surface area contributed by atoms with E-state index in [-0.39, 0.29) is 11.9 Å². The second-order valence-electron chi connectivity index (χ2n) is 6.44. The number of hydrogen-bond acceptors (Lipinski definition) is 3. The molecule has 0 heterocycles. The van der Waals surface area contributed by atoms with E-state index in [4.69, 9.17) is 10.00 Å². The maximum Gasteiger partial charge on any atom is 0.314 e. The number of esters is 1. The van der Waals surface area contributed by atoms with Crippen LogP contribution in [0.25, 0.3) is 0 Å². The van der Waals surface area contributed by atoms with Crippen molar-refractivity contribution in [2.45, 2.75) is 45.4 Å². The molecule has 132 valence electrons. The zero-order chi connectivity index (χ0) is 18.1. The summed E-state index contributed by atoms with van der Waals surface area (Å²) >= 11 is 0. The van der Waals surface area contributed by atoms with Crippen LogP contribution in [-0.4, -0.2) is 5.97 Å². The van der Waals surface area contributed by atoms with Gasteiger partial charge in [-0.05, 0) is 61.8 Å². The van der Waals surface area contributed by atoms with Gasteiger partial charge >= 0.3 is 5.97 Å². The first kappa shape index (κ1) is 18.9. The molecule has 4 heteroatoms. The first-order valence-electron chi connectivity index (χ1n) is 8.87. The molecule has 1 saturated carbocycles. The third-order valence-electron chi connectivity index (χ3n) is 4.52. The van der Waals surface area contributed by atoms with Gasteiger partial charge in [-0.15, -0.1) is 0 Å². The van der Waals surface area contributed by atoms with E-state index in [0.717, 1.165) is 38.5 Å². The Labute approximate surface area is 148 Å². The Morgan fingerprint density at radius 1 is 1.28 bits per heavy atom. The summed E-state index contributed by atoms with van der Waals surface area (Å²) in [5.41, 5.74) is 1.25. The summed E-state index contributed by atoms with van der Waals surface area (Å²) in [4.78, 5) is 12.3. The number of allylic oxidation sites excluding steroid dienone is 4. The molecule has 0 atom stereocenters. The van der Waals surface area contributed by atoms with Crippen LogP contribution in [0.4, 0.5) is 4.39 Å². The maximum atomic E-state index is 12.7. The molecule has 0 radical (unpaired) electrons. The third-order valence-corrected chi connectivity index (χ3v) is 4.52. The summed E-state index contributed by atoms with van der Waals surface area (Å²) in [7, 11) is 0. The molecule has 0 bridgehead atoms. The van der Waals surface area contributed by atoms with Crippen molar-refractivity contribution in [2.75, 3.05) is 0 Å². The van der Waals surface area contributed by atoms with Crippen molar-refractivity contribution in [1.82, 2.24) is 0 Å². The van der Waals surface area contributed by atoms with Crippen molar-refractivity contribution >= 4 is 5.97 Å². The smallest absolute Gasteiger partial charge is 0.314 e. The molecule has 1 aliphatic carbocycles. The molecule has 1 fully saturated rings. The van der Waals surface area contributed by atoms with E-state index in [1.165, 1.54) is 17.7 Å². The molecule has 25 heavy (non-hydrogen) atoms. The lowest BCUT2D eigenvalue weighted by molar-refractivity contribution is -0.140. The number of carbonyl (C=O) groups is 1. The number of nitrogens with zero attached hydrogens (tertiary/aromatic N) is 1. The van der Waals surface area contributed by atoms with Crippen LogP contribution in [0.2, 0.25) is 0 Å². The predicted molar refractivity (Wildman–Crippen MR) is 95.5 cm³/mol. The molecule has 1 aromatic rings. The first-order valence-corrected chi connectivity index (χ1v) is 8.87. The van der Waals surface area contributed by atoms with E-state index in [9.17, 15) is 9.18 Å². The summed E-state index contributed by atoms with van der Waals surface area (Å²) < 4.78 is 18.2. The predicted octanol–water partition coefficient (Wildman–Crippen LogP) is 5.28. The minimum absolute atomic E-state index is 0.0774. The minimum Gasteiger partial charge on any atom is -0.426 e. The van der Waals surface area contributed by atoms with Crippen LogP contribution < -0.4 is 4.74 Å². The van der Waals surface area contributed by atoms with Gasteiger partial charge in [-0.1, -0.05) is 37.6 Å². The Kier molecular flexibility index (Phi) is 7.40. The lowest BCUT2D eigenvalue weighted by atomic mass is 9.82. The number of aryl methyl sites for hydroxylation is 1. The van der Waals surface area contributed by atoms with Gasteiger partial charge in [-0.25, -0.2) is 0 Å². The van der Waals surface area contributed by atoms with E-state index in [2.05, 4.69) is 6.92 Å². The fourth-order valence-electron chi connectivity index (χ4n) is 3.09. The molecule has 3 nitrogen and oxygen atoms in total. The maximum absolute atomic E-state index is 12.7. The highest BCUT2D eigenvalue weighted by Crippen LogP contribution is 2.31. The quantitative estimate of drug-likeness (QED) is 0.306. The Bertz CT molecular complexity index is 662. The van der Waals surface area contributed by atoms with E-state index in [1.807, 2.05) is 30.3 Å². The fraction of sp³-hybridized carbons (Fsp3) is 0.429. The number of nitriles is 1. The average Bonchev–Trinajstić information content (AvgIpc) is 2.64. The Hall–Kier alpha value is -2.41. The van der Waals surface area contributed by atoms with Crippen molar-refractivity contribution in [3.63, 3.8) is 0 Å². The topological polar surface area (TPSA) is 50.1 Å². The normalized spacial score (nSPS) is 21.1. The monoisotopic (exact) mass is 341 g/mol. The Morgan fingerprint density at radius 2 is 1.96 bits per heavy atom. The highest BCUT2D eigenvalue weighted by atomic mass is 19.1. The summed E-state index contributed by atoms with van der Waals surface area (Å²) in [6.45, 7) is 2.13. The number of hydrogen-bond donors (Lipinski definition) is 0. The van der Waals surface area contributed by atoms with Gasteiger partial charge in [-0.3, -0.25) is 4.79 Å². The van der Waals surface area contributed by atoms with Gasteiger partial charge in [0.05, 0.1) is 5.92 Å². The summed E-state index contributed by atoms with van der Waals surface area (Å²) in [5.74, 6) is -0.116. The van der Waals surface area contributed by atoms with Crippen molar-refractivity contribution in [1.29, 1.82) is 5.26 Å². The molecule has 0 saturated heterocycles. The average molecular weight is 341 g/mol. The molecule has 2 rings (SSSR count). The highest BCUT2D eigenvalue weighted by molar-refractivity contribution is 5.75. The highest BCUT2D eigenvalue weighted by Gasteiger charge is 2.26. The molecule has 1 aliphatic rings. The van der Waals surface area contributed by atoms with Crippen molar-refractivity contribution < 1.29 is 13.9 Å². The van der Waals surface area contributed by atoms with Gasteiger partial charge < -0.3 is 4.74 Å². The zero-order valence-corrected chi connectivity index (χ0v) is 14.6. The van der Waals surface area contributed by atoms with Gasteiger partial charge in [0.25, 0.3) is 0 Å². The van der Waals surface area contributed by atoms with Crippen molar-refractivity contribution in [2.24, 2.45) is 11.8 Å². The van der Waals surface area contributed by atoms with Gasteiger partial charge in [-0.2, -0.15) is 9.65 Å². The lowest BCUT2D eigenvalue weighted by Gasteiger charge is -2.25. The van der Waals surface area contributed by atoms with Crippen LogP contribution in [0.5, 0.6) is 5.75 Å². The van der Waals surface area contributed by atoms with E-state index in [0.29, 0.717) is 11.7 Å². The fourth-order valence-corrected chi connectivity index (χ4v) is 3.09. The second-order valence-corrected chi connectivity index (χ2v) is 6.44. The third kappa shape index (κ3) is 6.19. The number of carbonyl (C=O) groups excluding carboxylic acids is 1. The summed E-state index contributed by atoms with van der Waals surface area (Å²) in [6, 6.07) is 9.15. The van der Waals surface area contributed by atoms with Crippen LogP contribution in [-0.2, 0) is 11.2 Å². The van der Waals surface area contributed by atoms with E-state index < -0.39 is 5.83 Å². The number of benzene rings is 1. The van der Waals surface area contributed by atoms with Gasteiger partial charge in [0, 0.05) is 0 Å². The van der Waals surface area contributed by atoms with Crippen LogP contribution in [0.1, 0.15) is 44.6 Å². The molecule has 0 aromatic heterocycles. The lowest BCUT2D eigenvalue weighted by Crippen LogP contribution is -2.25. The second kappa shape index (κ2) is 9.78. The molecule has 1 aromatic carbocycles. The van der Waals surface area contributed by atoms with Gasteiger partial charge in [0.2, 0.25) is 0 Å². The standard InChI is InChI=1S/C21H24FNO2/c1-2-4-16-9-13-20(14-10-16)25-21(24)18-11-7-17(8-12-18)5-3-6-19(22)15-23/h3,5-6,9-10,13-14,17-18H,2,4,7-8,11-12H2,1H3/t17-,18-. The summed E-state index contributed by atoms with van der Waals surface area (Å²) in [6.07, 6.45) is 10.1. The Balaban J connectivity index is 1.80. The number of halogens is 1. The molecule has 0 unspecified atom stereocenters. The molecule has 0 N–H and O–H groups in total. The van der Waals surface area contributed by atoms with Gasteiger partial charge in [0.1, 0.15) is 11.8 Å². The van der Waals surface area contributed by atoms with E-state index >= 15 is 0 Å². The zero-order valence-electron chi connectivity index (χ0n) is 14.6. The molecular formula is C21H24FNO2. The molecule has 0 aliphatic heterocycles. The minimum atomic E-state index is -0.793. The van der Waals surface area contributed by atoms with Crippen LogP contribution in [0.15, 0.2) is 48.3 Å². The van der Waals surface area contributed by atoms with Crippen LogP contribution in [0, 0.1) is 23.2 Å². The SMILES string of the molecule is CCCc1ccc(OC(=O)[C@H]2CC[C@H](C=CC=C(F)C#N)CC2)cc1. The largest absolute Gasteiger partial charge is 0.426 e.